The monoisotopic (exact) mass is 620 g/mol. The van der Waals surface area contributed by atoms with Crippen molar-refractivity contribution in [2.45, 2.75) is 19.3 Å². The van der Waals surface area contributed by atoms with Gasteiger partial charge in [-0.2, -0.15) is 0 Å². The molecule has 0 atom stereocenters. The van der Waals surface area contributed by atoms with Crippen LogP contribution in [0.1, 0.15) is 25.0 Å². The van der Waals surface area contributed by atoms with Gasteiger partial charge in [0.25, 0.3) is 0 Å². The van der Waals surface area contributed by atoms with Crippen LogP contribution in [0.25, 0.3) is 33.6 Å². The van der Waals surface area contributed by atoms with Gasteiger partial charge in [0.2, 0.25) is 0 Å². The van der Waals surface area contributed by atoms with E-state index in [-0.39, 0.29) is 5.41 Å². The van der Waals surface area contributed by atoms with E-state index in [0.29, 0.717) is 0 Å². The van der Waals surface area contributed by atoms with Crippen molar-refractivity contribution >= 4 is 17.1 Å². The van der Waals surface area contributed by atoms with E-state index in [4.69, 9.17) is 14.5 Å². The first-order valence-electron chi connectivity index (χ1n) is 16.3. The molecule has 0 radical (unpaired) electrons. The number of ether oxygens (including phenoxy) is 2. The Hall–Kier alpha value is -6.13. The zero-order chi connectivity index (χ0) is 32.2. The first-order valence-corrected chi connectivity index (χ1v) is 16.3. The molecule has 4 heteroatoms. The zero-order valence-corrected chi connectivity index (χ0v) is 26.7. The van der Waals surface area contributed by atoms with E-state index in [0.717, 1.165) is 68.1 Å². The Labute approximate surface area is 280 Å². The summed E-state index contributed by atoms with van der Waals surface area (Å²) >= 11 is 0. The van der Waals surface area contributed by atoms with Crippen LogP contribution in [0.2, 0.25) is 0 Å². The highest BCUT2D eigenvalue weighted by Gasteiger charge is 2.38. The summed E-state index contributed by atoms with van der Waals surface area (Å²) in [5.74, 6) is 3.20. The number of benzene rings is 6. The summed E-state index contributed by atoms with van der Waals surface area (Å²) in [6, 6.07) is 54.3. The van der Waals surface area contributed by atoms with E-state index in [1.165, 1.54) is 16.7 Å². The molecule has 0 unspecified atom stereocenters. The molecule has 2 aliphatic rings. The molecule has 6 aromatic carbocycles. The van der Waals surface area contributed by atoms with Crippen molar-refractivity contribution in [1.29, 1.82) is 0 Å². The molecular formula is C44H32N2O2. The van der Waals surface area contributed by atoms with Crippen molar-refractivity contribution < 1.29 is 9.47 Å². The quantitative estimate of drug-likeness (QED) is 0.192. The average Bonchev–Trinajstić information content (AvgIpc) is 3.37. The van der Waals surface area contributed by atoms with Crippen molar-refractivity contribution in [2.24, 2.45) is 0 Å². The highest BCUT2D eigenvalue weighted by Crippen LogP contribution is 2.55. The summed E-state index contributed by atoms with van der Waals surface area (Å²) in [4.78, 5) is 7.36. The molecule has 0 fully saturated rings. The van der Waals surface area contributed by atoms with Crippen LogP contribution in [0.15, 0.2) is 158 Å². The van der Waals surface area contributed by atoms with Crippen molar-refractivity contribution in [3.8, 4) is 56.6 Å². The first kappa shape index (κ1) is 28.1. The van der Waals surface area contributed by atoms with E-state index in [1.54, 1.807) is 0 Å². The topological polar surface area (TPSA) is 34.6 Å². The van der Waals surface area contributed by atoms with E-state index >= 15 is 0 Å². The van der Waals surface area contributed by atoms with Gasteiger partial charge in [0, 0.05) is 28.2 Å². The number of hydrogen-bond donors (Lipinski definition) is 0. The molecule has 0 bridgehead atoms. The van der Waals surface area contributed by atoms with Crippen molar-refractivity contribution in [2.75, 3.05) is 4.90 Å². The van der Waals surface area contributed by atoms with Gasteiger partial charge in [-0.25, -0.2) is 4.98 Å². The third-order valence-electron chi connectivity index (χ3n) is 9.50. The fourth-order valence-electron chi connectivity index (χ4n) is 7.17. The van der Waals surface area contributed by atoms with Gasteiger partial charge in [-0.15, -0.1) is 0 Å². The number of pyridine rings is 1. The number of rotatable bonds is 5. The Morgan fingerprint density at radius 3 is 1.98 bits per heavy atom. The zero-order valence-electron chi connectivity index (χ0n) is 26.7. The van der Waals surface area contributed by atoms with Gasteiger partial charge in [0.05, 0.1) is 28.5 Å². The highest BCUT2D eigenvalue weighted by molar-refractivity contribution is 5.89. The number of para-hydroxylation sites is 4. The molecule has 1 aromatic heterocycles. The van der Waals surface area contributed by atoms with E-state index in [9.17, 15) is 0 Å². The Balaban J connectivity index is 1.18. The Bertz CT molecular complexity index is 2300. The van der Waals surface area contributed by atoms with Gasteiger partial charge < -0.3 is 14.4 Å². The van der Waals surface area contributed by atoms with Crippen LogP contribution < -0.4 is 14.4 Å². The minimum absolute atomic E-state index is 0.208. The van der Waals surface area contributed by atoms with Crippen molar-refractivity contribution in [1.82, 2.24) is 4.98 Å². The number of aromatic nitrogens is 1. The SMILES string of the molecule is CC1(C)c2ccccc2-c2c(Oc3cccc(N4c5ccccc5Oc5ccccc54)c3)cc(-c3cccc(-c4ccccc4)n3)cc21. The second-order valence-corrected chi connectivity index (χ2v) is 12.8. The first-order chi connectivity index (χ1) is 23.5. The normalized spacial score (nSPS) is 13.5. The predicted octanol–water partition coefficient (Wildman–Crippen LogP) is 12.1. The number of fused-ring (bicyclic) bond motifs is 5. The van der Waals surface area contributed by atoms with Gasteiger partial charge in [0.15, 0.2) is 11.5 Å². The fraction of sp³-hybridized carbons (Fsp3) is 0.0682. The third-order valence-corrected chi connectivity index (χ3v) is 9.50. The Morgan fingerprint density at radius 1 is 0.562 bits per heavy atom. The molecule has 0 amide bonds. The summed E-state index contributed by atoms with van der Waals surface area (Å²) in [7, 11) is 0. The summed E-state index contributed by atoms with van der Waals surface area (Å²) in [6.07, 6.45) is 0. The summed E-state index contributed by atoms with van der Waals surface area (Å²) in [5.41, 5.74) is 11.6. The minimum Gasteiger partial charge on any atom is -0.457 e. The molecule has 230 valence electrons. The van der Waals surface area contributed by atoms with Gasteiger partial charge in [-0.05, 0) is 77.4 Å². The lowest BCUT2D eigenvalue weighted by atomic mass is 9.81. The van der Waals surface area contributed by atoms with E-state index < -0.39 is 0 Å². The summed E-state index contributed by atoms with van der Waals surface area (Å²) in [5, 5.41) is 0. The van der Waals surface area contributed by atoms with Crippen LogP contribution in [-0.2, 0) is 5.41 Å². The standard InChI is InChI=1S/C44H32N2O2/c1-44(2)34-19-7-6-18-33(34)43-35(44)26-30(37-21-13-20-36(45-37)29-14-4-3-5-15-29)27-42(43)47-32-17-12-16-31(28-32)46-38-22-8-10-24-40(38)48-41-25-11-9-23-39(41)46/h3-28H,1-2H3. The number of hydrogen-bond acceptors (Lipinski definition) is 4. The minimum atomic E-state index is -0.208. The maximum absolute atomic E-state index is 6.97. The van der Waals surface area contributed by atoms with Crippen LogP contribution >= 0.6 is 0 Å². The molecule has 7 aromatic rings. The Morgan fingerprint density at radius 2 is 1.21 bits per heavy atom. The second kappa shape index (κ2) is 11.0. The van der Waals surface area contributed by atoms with Crippen LogP contribution in [0.3, 0.4) is 0 Å². The molecule has 0 saturated carbocycles. The molecule has 0 spiro atoms. The van der Waals surface area contributed by atoms with Crippen LogP contribution in [-0.4, -0.2) is 4.98 Å². The third kappa shape index (κ3) is 4.57. The van der Waals surface area contributed by atoms with E-state index in [2.05, 4.69) is 116 Å². The lowest BCUT2D eigenvalue weighted by molar-refractivity contribution is 0.476. The summed E-state index contributed by atoms with van der Waals surface area (Å²) in [6.45, 7) is 4.60. The summed E-state index contributed by atoms with van der Waals surface area (Å²) < 4.78 is 13.2. The van der Waals surface area contributed by atoms with Gasteiger partial charge in [0.1, 0.15) is 11.5 Å². The molecule has 1 aliphatic heterocycles. The van der Waals surface area contributed by atoms with Gasteiger partial charge in [-0.1, -0.05) is 105 Å². The maximum atomic E-state index is 6.97. The molecule has 4 nitrogen and oxygen atoms in total. The highest BCUT2D eigenvalue weighted by atomic mass is 16.5. The van der Waals surface area contributed by atoms with Crippen molar-refractivity contribution in [3.63, 3.8) is 0 Å². The van der Waals surface area contributed by atoms with Crippen molar-refractivity contribution in [3.05, 3.63) is 169 Å². The smallest absolute Gasteiger partial charge is 0.151 e. The van der Waals surface area contributed by atoms with Gasteiger partial charge in [-0.3, -0.25) is 0 Å². The average molecular weight is 621 g/mol. The predicted molar refractivity (Wildman–Crippen MR) is 194 cm³/mol. The largest absolute Gasteiger partial charge is 0.457 e. The number of nitrogens with zero attached hydrogens (tertiary/aromatic N) is 2. The van der Waals surface area contributed by atoms with Gasteiger partial charge >= 0.3 is 0 Å². The molecular weight excluding hydrogens is 588 g/mol. The fourth-order valence-corrected chi connectivity index (χ4v) is 7.17. The van der Waals surface area contributed by atoms with Crippen LogP contribution in [0.4, 0.5) is 17.1 Å². The Kier molecular flexibility index (Phi) is 6.44. The molecule has 1 aliphatic carbocycles. The lowest BCUT2D eigenvalue weighted by Crippen LogP contribution is -2.15. The molecule has 0 N–H and O–H groups in total. The number of anilines is 3. The van der Waals surface area contributed by atoms with Crippen LogP contribution in [0.5, 0.6) is 23.0 Å². The molecule has 48 heavy (non-hydrogen) atoms. The molecule has 2 heterocycles. The molecule has 0 saturated heterocycles. The molecule has 9 rings (SSSR count). The lowest BCUT2D eigenvalue weighted by Gasteiger charge is -2.32. The van der Waals surface area contributed by atoms with E-state index in [1.807, 2.05) is 60.7 Å². The van der Waals surface area contributed by atoms with Crippen LogP contribution in [0, 0.1) is 0 Å². The maximum Gasteiger partial charge on any atom is 0.151 e. The second-order valence-electron chi connectivity index (χ2n) is 12.8.